The van der Waals surface area contributed by atoms with Crippen molar-refractivity contribution < 1.29 is 0 Å². The summed E-state index contributed by atoms with van der Waals surface area (Å²) in [5, 5.41) is 0. The summed E-state index contributed by atoms with van der Waals surface area (Å²) in [5.74, 6) is 0. The molecule has 2 N–H and O–H groups in total. The van der Waals surface area contributed by atoms with Crippen LogP contribution in [0.25, 0.3) is 0 Å². The molecule has 0 atom stereocenters. The van der Waals surface area contributed by atoms with E-state index >= 15 is 0 Å². The van der Waals surface area contributed by atoms with Crippen molar-refractivity contribution in [3.8, 4) is 0 Å². The van der Waals surface area contributed by atoms with Gasteiger partial charge in [0.1, 0.15) is 0 Å². The molecule has 0 amide bonds. The zero-order valence-electron chi connectivity index (χ0n) is 13.1. The minimum atomic E-state index is 0.802. The van der Waals surface area contributed by atoms with E-state index in [1.807, 2.05) is 30.3 Å². The number of benzene rings is 2. The van der Waals surface area contributed by atoms with Crippen molar-refractivity contribution in [3.63, 3.8) is 0 Å². The Balaban J connectivity index is 1.55. The maximum atomic E-state index is 3.28. The molecule has 0 radical (unpaired) electrons. The lowest BCUT2D eigenvalue weighted by Gasteiger charge is -2.34. The van der Waals surface area contributed by atoms with E-state index < -0.39 is 0 Å². The van der Waals surface area contributed by atoms with Crippen molar-refractivity contribution in [1.82, 2.24) is 10.3 Å². The van der Waals surface area contributed by atoms with Gasteiger partial charge in [-0.1, -0.05) is 30.3 Å². The number of para-hydroxylation sites is 1. The van der Waals surface area contributed by atoms with E-state index in [1.165, 1.54) is 11.3 Å². The predicted molar refractivity (Wildman–Crippen MR) is 93.1 cm³/mol. The molecule has 2 aromatic carbocycles. The van der Waals surface area contributed by atoms with Crippen LogP contribution in [0.3, 0.4) is 0 Å². The molecule has 4 nitrogen and oxygen atoms in total. The first-order valence-electron chi connectivity index (χ1n) is 7.87. The minimum absolute atomic E-state index is 0.802. The van der Waals surface area contributed by atoms with Crippen LogP contribution in [-0.2, 0) is 6.54 Å². The van der Waals surface area contributed by atoms with Crippen LogP contribution in [0.2, 0.25) is 0 Å². The Morgan fingerprint density at radius 2 is 1.68 bits per heavy atom. The second kappa shape index (κ2) is 7.29. The van der Waals surface area contributed by atoms with Gasteiger partial charge in [-0.05, 0) is 36.9 Å². The average molecular weight is 296 g/mol. The maximum Gasteiger partial charge on any atom is 0.0487 e. The van der Waals surface area contributed by atoms with Gasteiger partial charge in [-0.25, -0.2) is 5.43 Å². The summed E-state index contributed by atoms with van der Waals surface area (Å²) in [6.07, 6.45) is 0. The number of rotatable bonds is 5. The summed E-state index contributed by atoms with van der Waals surface area (Å²) in [7, 11) is 2.19. The Kier molecular flexibility index (Phi) is 4.93. The fourth-order valence-corrected chi connectivity index (χ4v) is 2.70. The van der Waals surface area contributed by atoms with E-state index in [2.05, 4.69) is 52.0 Å². The van der Waals surface area contributed by atoms with E-state index in [1.54, 1.807) is 0 Å². The molecule has 0 aromatic heterocycles. The van der Waals surface area contributed by atoms with E-state index in [9.17, 15) is 0 Å². The summed E-state index contributed by atoms with van der Waals surface area (Å²) in [5.41, 5.74) is 10.2. The van der Waals surface area contributed by atoms with Crippen LogP contribution in [0.4, 0.5) is 11.4 Å². The quantitative estimate of drug-likeness (QED) is 0.830. The van der Waals surface area contributed by atoms with Crippen molar-refractivity contribution in [2.75, 3.05) is 43.6 Å². The molecule has 1 saturated heterocycles. The molecule has 1 aliphatic heterocycles. The van der Waals surface area contributed by atoms with E-state index in [0.29, 0.717) is 0 Å². The van der Waals surface area contributed by atoms with E-state index in [-0.39, 0.29) is 0 Å². The summed E-state index contributed by atoms with van der Waals surface area (Å²) in [4.78, 5) is 4.85. The molecule has 116 valence electrons. The molecule has 4 heteroatoms. The Hall–Kier alpha value is -2.04. The number of hydrogen-bond acceptors (Lipinski definition) is 4. The van der Waals surface area contributed by atoms with Gasteiger partial charge in [0.05, 0.1) is 0 Å². The molecule has 22 heavy (non-hydrogen) atoms. The average Bonchev–Trinajstić information content (AvgIpc) is 2.57. The molecule has 0 spiro atoms. The van der Waals surface area contributed by atoms with Gasteiger partial charge < -0.3 is 15.2 Å². The van der Waals surface area contributed by atoms with Crippen LogP contribution in [0, 0.1) is 0 Å². The molecule has 3 rings (SSSR count). The lowest BCUT2D eigenvalue weighted by atomic mass is 10.1. The molecular weight excluding hydrogens is 272 g/mol. The summed E-state index contributed by atoms with van der Waals surface area (Å²) in [6, 6.07) is 19.0. The Bertz CT molecular complexity index is 577. The molecule has 2 aromatic rings. The molecule has 0 unspecified atom stereocenters. The van der Waals surface area contributed by atoms with Crippen molar-refractivity contribution >= 4 is 11.4 Å². The van der Waals surface area contributed by atoms with Crippen LogP contribution < -0.4 is 15.8 Å². The SMILES string of the molecule is CN1CCN(c2cccc(CNNc3ccccc3)c2)CC1. The maximum absolute atomic E-state index is 3.28. The van der Waals surface area contributed by atoms with Gasteiger partial charge in [0, 0.05) is 44.1 Å². The zero-order valence-corrected chi connectivity index (χ0v) is 13.1. The topological polar surface area (TPSA) is 30.5 Å². The third-order valence-corrected chi connectivity index (χ3v) is 4.08. The predicted octanol–water partition coefficient (Wildman–Crippen LogP) is 2.56. The number of hydrazine groups is 1. The highest BCUT2D eigenvalue weighted by Gasteiger charge is 2.14. The first-order valence-corrected chi connectivity index (χ1v) is 7.87. The summed E-state index contributed by atoms with van der Waals surface area (Å²) >= 11 is 0. The third kappa shape index (κ3) is 4.00. The fraction of sp³-hybridized carbons (Fsp3) is 0.333. The third-order valence-electron chi connectivity index (χ3n) is 4.08. The highest BCUT2D eigenvalue weighted by molar-refractivity contribution is 5.49. The Morgan fingerprint density at radius 1 is 0.909 bits per heavy atom. The summed E-state index contributed by atoms with van der Waals surface area (Å²) < 4.78 is 0. The van der Waals surface area contributed by atoms with Crippen molar-refractivity contribution in [2.24, 2.45) is 0 Å². The molecule has 1 heterocycles. The van der Waals surface area contributed by atoms with Gasteiger partial charge in [0.15, 0.2) is 0 Å². The van der Waals surface area contributed by atoms with Gasteiger partial charge in [-0.2, -0.15) is 0 Å². The lowest BCUT2D eigenvalue weighted by Crippen LogP contribution is -2.44. The van der Waals surface area contributed by atoms with Crippen molar-refractivity contribution in [3.05, 3.63) is 60.2 Å². The largest absolute Gasteiger partial charge is 0.369 e. The van der Waals surface area contributed by atoms with E-state index in [4.69, 9.17) is 0 Å². The summed E-state index contributed by atoms with van der Waals surface area (Å²) in [6.45, 7) is 5.29. The second-order valence-corrected chi connectivity index (χ2v) is 5.80. The molecule has 0 bridgehead atoms. The van der Waals surface area contributed by atoms with Crippen LogP contribution in [-0.4, -0.2) is 38.1 Å². The number of anilines is 2. The van der Waals surface area contributed by atoms with Crippen LogP contribution >= 0.6 is 0 Å². The van der Waals surface area contributed by atoms with Crippen molar-refractivity contribution in [2.45, 2.75) is 6.54 Å². The highest BCUT2D eigenvalue weighted by atomic mass is 15.3. The van der Waals surface area contributed by atoms with E-state index in [0.717, 1.165) is 38.4 Å². The lowest BCUT2D eigenvalue weighted by molar-refractivity contribution is 0.313. The zero-order chi connectivity index (χ0) is 15.2. The number of hydrogen-bond donors (Lipinski definition) is 2. The van der Waals surface area contributed by atoms with Crippen LogP contribution in [0.1, 0.15) is 5.56 Å². The van der Waals surface area contributed by atoms with Gasteiger partial charge >= 0.3 is 0 Å². The van der Waals surface area contributed by atoms with Gasteiger partial charge in [-0.3, -0.25) is 0 Å². The number of likely N-dealkylation sites (N-methyl/N-ethyl adjacent to an activating group) is 1. The van der Waals surface area contributed by atoms with Crippen molar-refractivity contribution in [1.29, 1.82) is 0 Å². The molecule has 0 saturated carbocycles. The normalized spacial score (nSPS) is 15.8. The minimum Gasteiger partial charge on any atom is -0.369 e. The number of nitrogens with zero attached hydrogens (tertiary/aromatic N) is 2. The molecule has 1 aliphatic rings. The second-order valence-electron chi connectivity index (χ2n) is 5.80. The van der Waals surface area contributed by atoms with Gasteiger partial charge in [0.25, 0.3) is 0 Å². The smallest absolute Gasteiger partial charge is 0.0487 e. The number of piperazine rings is 1. The first kappa shape index (κ1) is 14.9. The van der Waals surface area contributed by atoms with Gasteiger partial charge in [-0.15, -0.1) is 0 Å². The van der Waals surface area contributed by atoms with Crippen LogP contribution in [0.5, 0.6) is 0 Å². The Morgan fingerprint density at radius 3 is 2.45 bits per heavy atom. The fourth-order valence-electron chi connectivity index (χ4n) is 2.70. The standard InChI is InChI=1S/C18H24N4/c1-21-10-12-22(13-11-21)18-9-5-6-16(14-18)15-19-20-17-7-3-2-4-8-17/h2-9,14,19-20H,10-13,15H2,1H3. The molecular formula is C18H24N4. The van der Waals surface area contributed by atoms with Crippen LogP contribution in [0.15, 0.2) is 54.6 Å². The highest BCUT2D eigenvalue weighted by Crippen LogP contribution is 2.18. The number of nitrogens with one attached hydrogen (secondary N) is 2. The monoisotopic (exact) mass is 296 g/mol. The first-order chi connectivity index (χ1) is 10.8. The molecule has 0 aliphatic carbocycles. The Labute approximate surface area is 132 Å². The van der Waals surface area contributed by atoms with Gasteiger partial charge in [0.2, 0.25) is 0 Å². The molecule has 1 fully saturated rings.